The van der Waals surface area contributed by atoms with E-state index in [0.29, 0.717) is 11.4 Å². The van der Waals surface area contributed by atoms with Gasteiger partial charge in [-0.3, -0.25) is 9.69 Å². The minimum atomic E-state index is 0.00170. The Morgan fingerprint density at radius 3 is 2.87 bits per heavy atom. The van der Waals surface area contributed by atoms with Crippen molar-refractivity contribution in [1.29, 1.82) is 0 Å². The van der Waals surface area contributed by atoms with Crippen LogP contribution in [0.1, 0.15) is 12.8 Å². The quantitative estimate of drug-likeness (QED) is 0.873. The van der Waals surface area contributed by atoms with Crippen LogP contribution in [-0.2, 0) is 18.5 Å². The Kier molecular flexibility index (Phi) is 4.88. The van der Waals surface area contributed by atoms with Crippen LogP contribution in [-0.4, -0.2) is 38.2 Å². The highest BCUT2D eigenvalue weighted by Gasteiger charge is 2.26. The number of piperidine rings is 1. The van der Waals surface area contributed by atoms with Crippen LogP contribution in [0, 0.1) is 10.7 Å². The molecule has 1 N–H and O–H groups in total. The molecule has 1 amide bonds. The molecular weight excluding hydrogens is 310 g/mol. The zero-order valence-electron chi connectivity index (χ0n) is 13.2. The second-order valence-corrected chi connectivity index (χ2v) is 6.30. The molecule has 7 heteroatoms. The maximum Gasteiger partial charge on any atom is 0.228 e. The number of likely N-dealkylation sites (tertiary alicyclic amines) is 1. The van der Waals surface area contributed by atoms with Crippen molar-refractivity contribution in [1.82, 2.24) is 19.2 Å². The molecule has 1 aliphatic rings. The number of aromatic nitrogens is 3. The van der Waals surface area contributed by atoms with Crippen LogP contribution in [0.4, 0.5) is 5.69 Å². The van der Waals surface area contributed by atoms with Gasteiger partial charge in [0.2, 0.25) is 5.91 Å². The van der Waals surface area contributed by atoms with Crippen molar-refractivity contribution in [2.45, 2.75) is 19.5 Å². The first-order valence-corrected chi connectivity index (χ1v) is 8.21. The highest BCUT2D eigenvalue weighted by atomic mass is 32.1. The lowest BCUT2D eigenvalue weighted by atomic mass is 9.97. The molecule has 1 atom stereocenters. The lowest BCUT2D eigenvalue weighted by Gasteiger charge is -2.31. The van der Waals surface area contributed by atoms with Crippen LogP contribution < -0.4 is 5.32 Å². The van der Waals surface area contributed by atoms with Crippen LogP contribution in [0.5, 0.6) is 0 Å². The van der Waals surface area contributed by atoms with Gasteiger partial charge >= 0.3 is 0 Å². The second-order valence-electron chi connectivity index (χ2n) is 5.94. The minimum absolute atomic E-state index is 0.00170. The van der Waals surface area contributed by atoms with Crippen LogP contribution in [0.15, 0.2) is 36.7 Å². The van der Waals surface area contributed by atoms with Crippen molar-refractivity contribution in [2.75, 3.05) is 18.4 Å². The number of amides is 1. The van der Waals surface area contributed by atoms with E-state index in [0.717, 1.165) is 31.6 Å². The molecule has 3 rings (SSSR count). The first-order chi connectivity index (χ1) is 11.1. The van der Waals surface area contributed by atoms with Crippen LogP contribution in [0.3, 0.4) is 0 Å². The number of carbonyl (C=O) groups excluding carboxylic acids is 1. The zero-order chi connectivity index (χ0) is 16.2. The fraction of sp³-hybridized carbons (Fsp3) is 0.438. The van der Waals surface area contributed by atoms with Gasteiger partial charge in [0.25, 0.3) is 0 Å². The Balaban J connectivity index is 1.60. The fourth-order valence-corrected chi connectivity index (χ4v) is 3.02. The van der Waals surface area contributed by atoms with E-state index in [2.05, 4.69) is 15.3 Å². The highest BCUT2D eigenvalue weighted by Crippen LogP contribution is 2.19. The number of hydrogen-bond donors (Lipinski definition) is 1. The summed E-state index contributed by atoms with van der Waals surface area (Å²) in [5, 5.41) is 7.28. The second kappa shape index (κ2) is 7.06. The molecule has 0 radical (unpaired) electrons. The lowest BCUT2D eigenvalue weighted by Crippen LogP contribution is -2.41. The van der Waals surface area contributed by atoms with Gasteiger partial charge in [-0.2, -0.15) is 5.10 Å². The van der Waals surface area contributed by atoms with Gasteiger partial charge in [-0.05, 0) is 43.7 Å². The average molecular weight is 331 g/mol. The SMILES string of the molecule is Cn1cnn(CN2CCCC(C(=O)Nc3ccccc3)C2)c1=S. The van der Waals surface area contributed by atoms with E-state index in [1.165, 1.54) is 0 Å². The molecule has 23 heavy (non-hydrogen) atoms. The summed E-state index contributed by atoms with van der Waals surface area (Å²) < 4.78 is 4.31. The summed E-state index contributed by atoms with van der Waals surface area (Å²) in [7, 11) is 1.89. The third kappa shape index (κ3) is 3.86. The van der Waals surface area contributed by atoms with Crippen molar-refractivity contribution in [3.8, 4) is 0 Å². The number of nitrogens with one attached hydrogen (secondary N) is 1. The molecule has 122 valence electrons. The third-order valence-electron chi connectivity index (χ3n) is 4.14. The molecule has 1 unspecified atom stereocenters. The predicted molar refractivity (Wildman–Crippen MR) is 91.4 cm³/mol. The van der Waals surface area contributed by atoms with E-state index in [9.17, 15) is 4.79 Å². The van der Waals surface area contributed by atoms with Crippen molar-refractivity contribution < 1.29 is 4.79 Å². The number of benzene rings is 1. The van der Waals surface area contributed by atoms with Gasteiger partial charge in [-0.25, -0.2) is 4.68 Å². The Morgan fingerprint density at radius 2 is 2.17 bits per heavy atom. The predicted octanol–water partition coefficient (Wildman–Crippen LogP) is 2.26. The number of carbonyl (C=O) groups is 1. The van der Waals surface area contributed by atoms with E-state index in [1.54, 1.807) is 11.0 Å². The summed E-state index contributed by atoms with van der Waals surface area (Å²) in [6, 6.07) is 9.60. The molecule has 0 saturated carbocycles. The van der Waals surface area contributed by atoms with E-state index in [1.807, 2.05) is 41.9 Å². The van der Waals surface area contributed by atoms with Gasteiger partial charge in [0, 0.05) is 19.3 Å². The first kappa shape index (κ1) is 15.9. The zero-order valence-corrected chi connectivity index (χ0v) is 14.0. The Hall–Kier alpha value is -1.99. The van der Waals surface area contributed by atoms with E-state index < -0.39 is 0 Å². The average Bonchev–Trinajstić information content (AvgIpc) is 2.88. The smallest absolute Gasteiger partial charge is 0.228 e. The van der Waals surface area contributed by atoms with Crippen LogP contribution in [0.2, 0.25) is 0 Å². The topological polar surface area (TPSA) is 55.1 Å². The van der Waals surface area contributed by atoms with Gasteiger partial charge in [-0.1, -0.05) is 18.2 Å². The number of nitrogens with zero attached hydrogens (tertiary/aromatic N) is 4. The van der Waals surface area contributed by atoms with Crippen molar-refractivity contribution in [3.05, 3.63) is 41.4 Å². The van der Waals surface area contributed by atoms with Crippen molar-refractivity contribution in [3.63, 3.8) is 0 Å². The van der Waals surface area contributed by atoms with Gasteiger partial charge in [-0.15, -0.1) is 0 Å². The van der Waals surface area contributed by atoms with E-state index in [-0.39, 0.29) is 11.8 Å². The summed E-state index contributed by atoms with van der Waals surface area (Å²) >= 11 is 5.32. The van der Waals surface area contributed by atoms with Crippen molar-refractivity contribution in [2.24, 2.45) is 13.0 Å². The molecule has 0 bridgehead atoms. The number of hydrogen-bond acceptors (Lipinski definition) is 4. The monoisotopic (exact) mass is 331 g/mol. The molecule has 0 aliphatic carbocycles. The molecular formula is C16H21N5OS. The van der Waals surface area contributed by atoms with E-state index >= 15 is 0 Å². The van der Waals surface area contributed by atoms with Crippen LogP contribution >= 0.6 is 12.2 Å². The Bertz CT molecular complexity index is 724. The molecule has 2 aromatic rings. The maximum atomic E-state index is 12.5. The first-order valence-electron chi connectivity index (χ1n) is 7.80. The van der Waals surface area contributed by atoms with Gasteiger partial charge in [0.1, 0.15) is 6.33 Å². The van der Waals surface area contributed by atoms with Crippen molar-refractivity contribution >= 4 is 23.8 Å². The summed E-state index contributed by atoms with van der Waals surface area (Å²) in [5.41, 5.74) is 0.849. The van der Waals surface area contributed by atoms with Gasteiger partial charge < -0.3 is 9.88 Å². The largest absolute Gasteiger partial charge is 0.326 e. The molecule has 0 spiro atoms. The standard InChI is InChI=1S/C16H21N5OS/c1-19-11-17-21(16(19)23)12-20-9-5-6-13(10-20)15(22)18-14-7-3-2-4-8-14/h2-4,7-8,11,13H,5-6,9-10,12H2,1H3,(H,18,22). The third-order valence-corrected chi connectivity index (χ3v) is 4.64. The molecule has 1 aromatic carbocycles. The molecule has 1 aromatic heterocycles. The van der Waals surface area contributed by atoms with Gasteiger partial charge in [0.15, 0.2) is 4.77 Å². The summed E-state index contributed by atoms with van der Waals surface area (Å²) in [6.07, 6.45) is 3.64. The Morgan fingerprint density at radius 1 is 1.39 bits per heavy atom. The van der Waals surface area contributed by atoms with Crippen LogP contribution in [0.25, 0.3) is 0 Å². The number of rotatable bonds is 4. The van der Waals surface area contributed by atoms with E-state index in [4.69, 9.17) is 12.2 Å². The molecule has 2 heterocycles. The van der Waals surface area contributed by atoms with Gasteiger partial charge in [0.05, 0.1) is 12.6 Å². The molecule has 6 nitrogen and oxygen atoms in total. The lowest BCUT2D eigenvalue weighted by molar-refractivity contribution is -0.121. The molecule has 1 aliphatic heterocycles. The maximum absolute atomic E-state index is 12.5. The fourth-order valence-electron chi connectivity index (χ4n) is 2.87. The molecule has 1 saturated heterocycles. The summed E-state index contributed by atoms with van der Waals surface area (Å²) in [5.74, 6) is 0.0901. The minimum Gasteiger partial charge on any atom is -0.326 e. The number of para-hydroxylation sites is 1. The highest BCUT2D eigenvalue weighted by molar-refractivity contribution is 7.71. The number of anilines is 1. The normalized spacial score (nSPS) is 18.7. The summed E-state index contributed by atoms with van der Waals surface area (Å²) in [4.78, 5) is 14.7. The summed E-state index contributed by atoms with van der Waals surface area (Å²) in [6.45, 7) is 2.33. The Labute approximate surface area is 140 Å². The molecule has 1 fully saturated rings. The number of aryl methyl sites for hydroxylation is 1.